The van der Waals surface area contributed by atoms with Crippen LogP contribution in [0, 0.1) is 5.82 Å². The van der Waals surface area contributed by atoms with E-state index in [1.54, 1.807) is 43.5 Å². The van der Waals surface area contributed by atoms with Crippen LogP contribution < -0.4 is 30.9 Å². The molecule has 5 rings (SSSR count). The lowest BCUT2D eigenvalue weighted by molar-refractivity contribution is 0.0931. The van der Waals surface area contributed by atoms with Crippen LogP contribution in [0.25, 0.3) is 0 Å². The average Bonchev–Trinajstić information content (AvgIpc) is 2.97. The Morgan fingerprint density at radius 3 is 2.58 bits per heavy atom. The highest BCUT2D eigenvalue weighted by Crippen LogP contribution is 2.27. The SMILES string of the molecule is COc1ccc(C(=O)N[C@@H]2CCCN(c3cnc(C(N)=O)c(Nc4ccc(N5CCOCC5)c(F)c4)n3)C2)cc1. The van der Waals surface area contributed by atoms with E-state index in [4.69, 9.17) is 15.2 Å². The molecule has 11 nitrogen and oxygen atoms in total. The van der Waals surface area contributed by atoms with E-state index in [2.05, 4.69) is 20.6 Å². The summed E-state index contributed by atoms with van der Waals surface area (Å²) in [7, 11) is 1.58. The molecule has 0 aliphatic carbocycles. The predicted molar refractivity (Wildman–Crippen MR) is 149 cm³/mol. The number of hydrogen-bond donors (Lipinski definition) is 3. The van der Waals surface area contributed by atoms with Gasteiger partial charge in [0.15, 0.2) is 11.5 Å². The van der Waals surface area contributed by atoms with E-state index in [9.17, 15) is 14.0 Å². The van der Waals surface area contributed by atoms with Gasteiger partial charge < -0.3 is 35.6 Å². The topological polar surface area (TPSA) is 135 Å². The standard InChI is InChI=1S/C28H32FN7O4/c1-39-21-7-4-18(5-8-21)28(38)33-20-3-2-10-36(17-20)24-16-31-25(26(30)37)27(34-24)32-19-6-9-23(22(29)15-19)35-11-13-40-14-12-35/h4-9,15-16,20H,2-3,10-14,17H2,1H3,(H2,30,37)(H,32,34)(H,33,38)/t20-/m1/s1. The Morgan fingerprint density at radius 2 is 1.88 bits per heavy atom. The molecule has 2 saturated heterocycles. The molecule has 0 bridgehead atoms. The molecule has 12 heteroatoms. The van der Waals surface area contributed by atoms with Gasteiger partial charge in [0.2, 0.25) is 0 Å². The Bertz CT molecular complexity index is 1370. The van der Waals surface area contributed by atoms with Gasteiger partial charge in [-0.2, -0.15) is 0 Å². The number of benzene rings is 2. The highest BCUT2D eigenvalue weighted by Gasteiger charge is 2.25. The number of nitrogens with one attached hydrogen (secondary N) is 2. The van der Waals surface area contributed by atoms with E-state index in [1.165, 1.54) is 12.3 Å². The Kier molecular flexibility index (Phi) is 8.25. The zero-order valence-corrected chi connectivity index (χ0v) is 22.2. The van der Waals surface area contributed by atoms with Gasteiger partial charge in [0, 0.05) is 43.5 Å². The molecule has 0 radical (unpaired) electrons. The number of morpholine rings is 1. The molecule has 2 aliphatic rings. The van der Waals surface area contributed by atoms with Crippen molar-refractivity contribution in [1.29, 1.82) is 0 Å². The predicted octanol–water partition coefficient (Wildman–Crippen LogP) is 2.70. The third kappa shape index (κ3) is 6.23. The Balaban J connectivity index is 1.30. The summed E-state index contributed by atoms with van der Waals surface area (Å²) in [5.74, 6) is 0.000657. The van der Waals surface area contributed by atoms with Crippen LogP contribution >= 0.6 is 0 Å². The molecule has 2 aromatic carbocycles. The number of primary amides is 1. The number of anilines is 4. The van der Waals surface area contributed by atoms with Crippen molar-refractivity contribution >= 4 is 34.8 Å². The summed E-state index contributed by atoms with van der Waals surface area (Å²) >= 11 is 0. The second-order valence-corrected chi connectivity index (χ2v) is 9.67. The lowest BCUT2D eigenvalue weighted by Crippen LogP contribution is -2.48. The fourth-order valence-electron chi connectivity index (χ4n) is 4.90. The van der Waals surface area contributed by atoms with E-state index in [-0.39, 0.29) is 23.5 Å². The molecular weight excluding hydrogens is 517 g/mol. The zero-order valence-electron chi connectivity index (χ0n) is 22.2. The summed E-state index contributed by atoms with van der Waals surface area (Å²) in [5.41, 5.74) is 6.94. The zero-order chi connectivity index (χ0) is 28.1. The van der Waals surface area contributed by atoms with E-state index in [0.29, 0.717) is 67.9 Å². The molecule has 4 N–H and O–H groups in total. The number of carbonyl (C=O) groups excluding carboxylic acids is 2. The molecular formula is C28H32FN7O4. The molecule has 40 heavy (non-hydrogen) atoms. The smallest absolute Gasteiger partial charge is 0.271 e. The van der Waals surface area contributed by atoms with Crippen LogP contribution in [0.1, 0.15) is 33.7 Å². The van der Waals surface area contributed by atoms with Crippen molar-refractivity contribution in [2.24, 2.45) is 5.73 Å². The van der Waals surface area contributed by atoms with Gasteiger partial charge in [-0.3, -0.25) is 9.59 Å². The van der Waals surface area contributed by atoms with Crippen molar-refractivity contribution in [2.45, 2.75) is 18.9 Å². The summed E-state index contributed by atoms with van der Waals surface area (Å²) in [5, 5.41) is 6.10. The second-order valence-electron chi connectivity index (χ2n) is 9.67. The minimum absolute atomic E-state index is 0.0530. The first-order chi connectivity index (χ1) is 19.4. The number of carbonyl (C=O) groups is 2. The molecule has 3 heterocycles. The number of piperidine rings is 1. The van der Waals surface area contributed by atoms with Crippen molar-refractivity contribution in [2.75, 3.05) is 61.6 Å². The van der Waals surface area contributed by atoms with Gasteiger partial charge in [-0.15, -0.1) is 0 Å². The van der Waals surface area contributed by atoms with Crippen LogP contribution in [0.5, 0.6) is 5.75 Å². The van der Waals surface area contributed by atoms with Crippen molar-refractivity contribution in [3.63, 3.8) is 0 Å². The Hall–Kier alpha value is -4.45. The molecule has 1 atom stereocenters. The molecule has 0 saturated carbocycles. The van der Waals surface area contributed by atoms with Crippen LogP contribution in [0.2, 0.25) is 0 Å². The summed E-state index contributed by atoms with van der Waals surface area (Å²) in [4.78, 5) is 37.7. The first-order valence-corrected chi connectivity index (χ1v) is 13.2. The molecule has 0 spiro atoms. The van der Waals surface area contributed by atoms with Gasteiger partial charge in [0.25, 0.3) is 11.8 Å². The lowest BCUT2D eigenvalue weighted by atomic mass is 10.0. The average molecular weight is 550 g/mol. The van der Waals surface area contributed by atoms with Gasteiger partial charge in [-0.25, -0.2) is 14.4 Å². The van der Waals surface area contributed by atoms with E-state index < -0.39 is 11.7 Å². The highest BCUT2D eigenvalue weighted by molar-refractivity contribution is 5.96. The van der Waals surface area contributed by atoms with Gasteiger partial charge >= 0.3 is 0 Å². The summed E-state index contributed by atoms with van der Waals surface area (Å²) in [6.07, 6.45) is 3.12. The maximum atomic E-state index is 15.0. The number of nitrogens with two attached hydrogens (primary N) is 1. The molecule has 1 aromatic heterocycles. The van der Waals surface area contributed by atoms with Crippen molar-refractivity contribution in [3.8, 4) is 5.75 Å². The van der Waals surface area contributed by atoms with Crippen molar-refractivity contribution in [1.82, 2.24) is 15.3 Å². The maximum absolute atomic E-state index is 15.0. The third-order valence-electron chi connectivity index (χ3n) is 6.99. The lowest BCUT2D eigenvalue weighted by Gasteiger charge is -2.34. The number of halogens is 1. The number of hydrogen-bond acceptors (Lipinski definition) is 9. The van der Waals surface area contributed by atoms with Crippen molar-refractivity contribution in [3.05, 3.63) is 65.7 Å². The largest absolute Gasteiger partial charge is 0.497 e. The Morgan fingerprint density at radius 1 is 1.10 bits per heavy atom. The summed E-state index contributed by atoms with van der Waals surface area (Å²) in [6, 6.07) is 11.6. The van der Waals surface area contributed by atoms with Crippen LogP contribution in [-0.2, 0) is 4.74 Å². The number of amides is 2. The number of rotatable bonds is 8. The summed E-state index contributed by atoms with van der Waals surface area (Å²) < 4.78 is 25.5. The molecule has 2 fully saturated rings. The van der Waals surface area contributed by atoms with Crippen LogP contribution in [-0.4, -0.2) is 74.3 Å². The van der Waals surface area contributed by atoms with Gasteiger partial charge in [0.1, 0.15) is 17.4 Å². The van der Waals surface area contributed by atoms with E-state index in [1.807, 2.05) is 9.80 Å². The van der Waals surface area contributed by atoms with Gasteiger partial charge in [0.05, 0.1) is 32.2 Å². The van der Waals surface area contributed by atoms with Crippen LogP contribution in [0.3, 0.4) is 0 Å². The van der Waals surface area contributed by atoms with Crippen LogP contribution in [0.4, 0.5) is 27.4 Å². The van der Waals surface area contributed by atoms with Crippen LogP contribution in [0.15, 0.2) is 48.7 Å². The fraction of sp³-hybridized carbons (Fsp3) is 0.357. The first-order valence-electron chi connectivity index (χ1n) is 13.2. The number of methoxy groups -OCH3 is 1. The van der Waals surface area contributed by atoms with Gasteiger partial charge in [-0.05, 0) is 55.3 Å². The number of aromatic nitrogens is 2. The molecule has 3 aromatic rings. The molecule has 2 amide bonds. The number of ether oxygens (including phenoxy) is 2. The number of nitrogens with zero attached hydrogens (tertiary/aromatic N) is 4. The quantitative estimate of drug-likeness (QED) is 0.388. The molecule has 0 unspecified atom stereocenters. The monoisotopic (exact) mass is 549 g/mol. The maximum Gasteiger partial charge on any atom is 0.271 e. The normalized spacial score (nSPS) is 17.3. The molecule has 210 valence electrons. The third-order valence-corrected chi connectivity index (χ3v) is 6.99. The minimum Gasteiger partial charge on any atom is -0.497 e. The fourth-order valence-corrected chi connectivity index (χ4v) is 4.90. The highest BCUT2D eigenvalue weighted by atomic mass is 19.1. The van der Waals surface area contributed by atoms with Crippen molar-refractivity contribution < 1.29 is 23.5 Å². The first kappa shape index (κ1) is 27.1. The minimum atomic E-state index is -0.754. The Labute approximate surface area is 231 Å². The van der Waals surface area contributed by atoms with E-state index in [0.717, 1.165) is 12.8 Å². The molecule has 2 aliphatic heterocycles. The van der Waals surface area contributed by atoms with Gasteiger partial charge in [-0.1, -0.05) is 0 Å². The second kappa shape index (κ2) is 12.2. The van der Waals surface area contributed by atoms with E-state index >= 15 is 0 Å². The summed E-state index contributed by atoms with van der Waals surface area (Å²) in [6.45, 7) is 3.52.